The third kappa shape index (κ3) is 2.97. The molecule has 0 amide bonds. The van der Waals surface area contributed by atoms with Gasteiger partial charge in [0.15, 0.2) is 5.76 Å². The predicted octanol–water partition coefficient (Wildman–Crippen LogP) is 2.60. The molecular formula is C13H14NO2S. The van der Waals surface area contributed by atoms with Crippen molar-refractivity contribution in [3.8, 4) is 11.5 Å². The lowest BCUT2D eigenvalue weighted by molar-refractivity contribution is 0.393. The Bertz CT molecular complexity index is 455. The molecule has 0 bridgehead atoms. The number of nitrogens with one attached hydrogen (secondary N) is 1. The molecule has 17 heavy (non-hydrogen) atoms. The number of methoxy groups -OCH3 is 1. The molecule has 0 atom stereocenters. The van der Waals surface area contributed by atoms with E-state index in [0.29, 0.717) is 5.76 Å². The summed E-state index contributed by atoms with van der Waals surface area (Å²) in [5.74, 6) is 2.24. The van der Waals surface area contributed by atoms with E-state index >= 15 is 0 Å². The van der Waals surface area contributed by atoms with Crippen LogP contribution in [0.3, 0.4) is 0 Å². The molecule has 0 saturated carbocycles. The van der Waals surface area contributed by atoms with Crippen LogP contribution in [-0.4, -0.2) is 19.9 Å². The normalized spacial score (nSPS) is 13.9. The summed E-state index contributed by atoms with van der Waals surface area (Å²) in [6, 6.07) is 5.79. The van der Waals surface area contributed by atoms with Gasteiger partial charge in [-0.2, -0.15) is 0 Å². The zero-order valence-electron chi connectivity index (χ0n) is 9.82. The lowest BCUT2D eigenvalue weighted by atomic mass is 10.3. The molecule has 1 aliphatic heterocycles. The van der Waals surface area contributed by atoms with Crippen molar-refractivity contribution in [1.29, 1.82) is 0 Å². The van der Waals surface area contributed by atoms with Gasteiger partial charge in [-0.25, -0.2) is 0 Å². The Morgan fingerprint density at radius 3 is 2.94 bits per heavy atom. The molecule has 1 heterocycles. The number of hydrogen-bond acceptors (Lipinski definition) is 4. The first-order valence-electron chi connectivity index (χ1n) is 5.25. The molecule has 0 saturated heterocycles. The molecule has 4 heteroatoms. The summed E-state index contributed by atoms with van der Waals surface area (Å²) < 4.78 is 11.0. The molecule has 0 unspecified atom stereocenters. The second kappa shape index (κ2) is 5.68. The number of allylic oxidation sites excluding steroid dienone is 1. The lowest BCUT2D eigenvalue weighted by Crippen LogP contribution is -2.12. The van der Waals surface area contributed by atoms with Crippen molar-refractivity contribution in [2.45, 2.75) is 4.90 Å². The fraction of sp³-hybridized carbons (Fsp3) is 0.231. The van der Waals surface area contributed by atoms with E-state index in [1.807, 2.05) is 30.5 Å². The lowest BCUT2D eigenvalue weighted by Gasteiger charge is -2.12. The van der Waals surface area contributed by atoms with Crippen LogP contribution in [0.4, 0.5) is 0 Å². The van der Waals surface area contributed by atoms with E-state index in [2.05, 4.69) is 11.4 Å². The first kappa shape index (κ1) is 11.9. The van der Waals surface area contributed by atoms with Crippen molar-refractivity contribution in [3.63, 3.8) is 0 Å². The minimum atomic E-state index is 0.676. The van der Waals surface area contributed by atoms with Crippen LogP contribution in [0.15, 0.2) is 41.1 Å². The summed E-state index contributed by atoms with van der Waals surface area (Å²) in [5, 5.41) is 3.07. The van der Waals surface area contributed by atoms with Gasteiger partial charge in [-0.1, -0.05) is 6.08 Å². The molecule has 0 spiro atoms. The number of ether oxygens (including phenoxy) is 2. The van der Waals surface area contributed by atoms with Crippen LogP contribution in [-0.2, 0) is 0 Å². The van der Waals surface area contributed by atoms with Gasteiger partial charge < -0.3 is 14.8 Å². The Morgan fingerprint density at radius 1 is 1.41 bits per heavy atom. The van der Waals surface area contributed by atoms with Crippen LogP contribution >= 0.6 is 11.8 Å². The van der Waals surface area contributed by atoms with E-state index in [1.54, 1.807) is 25.1 Å². The first-order chi connectivity index (χ1) is 8.33. The monoisotopic (exact) mass is 248 g/mol. The molecule has 1 aromatic rings. The van der Waals surface area contributed by atoms with Gasteiger partial charge in [0.1, 0.15) is 11.5 Å². The molecular weight excluding hydrogens is 234 g/mol. The minimum Gasteiger partial charge on any atom is -0.495 e. The van der Waals surface area contributed by atoms with Gasteiger partial charge in [0.05, 0.1) is 7.11 Å². The highest BCUT2D eigenvalue weighted by atomic mass is 32.2. The maximum atomic E-state index is 5.66. The van der Waals surface area contributed by atoms with Crippen LogP contribution in [0.2, 0.25) is 0 Å². The van der Waals surface area contributed by atoms with Crippen LogP contribution in [0.25, 0.3) is 0 Å². The molecule has 3 nitrogen and oxygen atoms in total. The summed E-state index contributed by atoms with van der Waals surface area (Å²) in [6.45, 7) is 0.793. The Kier molecular flexibility index (Phi) is 3.98. The standard InChI is InChI=1S/C13H14NO2S/c1-15-12-8-10(5-6-13(12)17-2)16-11-4-3-7-14-9-11/h3,5-6,8-9,14H,7H2,1-2H3. The van der Waals surface area contributed by atoms with Gasteiger partial charge in [-0.15, -0.1) is 11.8 Å². The van der Waals surface area contributed by atoms with Crippen molar-refractivity contribution in [2.24, 2.45) is 0 Å². The fourth-order valence-corrected chi connectivity index (χ4v) is 2.02. The van der Waals surface area contributed by atoms with E-state index in [9.17, 15) is 0 Å². The summed E-state index contributed by atoms with van der Waals surface area (Å²) in [7, 11) is 1.66. The Morgan fingerprint density at radius 2 is 2.29 bits per heavy atom. The molecule has 0 aliphatic carbocycles. The van der Waals surface area contributed by atoms with Gasteiger partial charge >= 0.3 is 0 Å². The average Bonchev–Trinajstić information content (AvgIpc) is 2.40. The van der Waals surface area contributed by atoms with Crippen molar-refractivity contribution >= 4 is 11.8 Å². The Balaban J connectivity index is 2.16. The largest absolute Gasteiger partial charge is 0.495 e. The number of benzene rings is 1. The van der Waals surface area contributed by atoms with Gasteiger partial charge in [0, 0.05) is 29.8 Å². The smallest absolute Gasteiger partial charge is 0.150 e. The molecule has 0 aromatic heterocycles. The minimum absolute atomic E-state index is 0.676. The van der Waals surface area contributed by atoms with Crippen molar-refractivity contribution in [1.82, 2.24) is 5.32 Å². The number of hydrogen-bond donors (Lipinski definition) is 1. The Hall–Kier alpha value is -1.55. The predicted molar refractivity (Wildman–Crippen MR) is 69.3 cm³/mol. The van der Waals surface area contributed by atoms with Crippen molar-refractivity contribution < 1.29 is 9.47 Å². The molecule has 0 fully saturated rings. The SMILES string of the molecule is COc1cc(OC2=CNCC=[C]2)ccc1SC. The zero-order valence-corrected chi connectivity index (χ0v) is 10.6. The fourth-order valence-electron chi connectivity index (χ4n) is 1.47. The third-order valence-electron chi connectivity index (χ3n) is 2.28. The van der Waals surface area contributed by atoms with E-state index < -0.39 is 0 Å². The molecule has 2 rings (SSSR count). The second-order valence-electron chi connectivity index (χ2n) is 3.38. The van der Waals surface area contributed by atoms with Crippen molar-refractivity contribution in [2.75, 3.05) is 19.9 Å². The number of rotatable bonds is 4. The van der Waals surface area contributed by atoms with Gasteiger partial charge in [-0.3, -0.25) is 0 Å². The van der Waals surface area contributed by atoms with Crippen LogP contribution < -0.4 is 14.8 Å². The van der Waals surface area contributed by atoms with E-state index in [0.717, 1.165) is 22.9 Å². The maximum Gasteiger partial charge on any atom is 0.150 e. The summed E-state index contributed by atoms with van der Waals surface area (Å²) >= 11 is 1.65. The number of thioether (sulfide) groups is 1. The molecule has 89 valence electrons. The van der Waals surface area contributed by atoms with Crippen LogP contribution in [0.5, 0.6) is 11.5 Å². The highest BCUT2D eigenvalue weighted by Crippen LogP contribution is 2.31. The first-order valence-corrected chi connectivity index (χ1v) is 6.47. The molecule has 1 radical (unpaired) electrons. The van der Waals surface area contributed by atoms with Crippen molar-refractivity contribution in [3.05, 3.63) is 42.3 Å². The summed E-state index contributed by atoms with van der Waals surface area (Å²) in [6.07, 6.45) is 8.75. The molecule has 1 aliphatic rings. The second-order valence-corrected chi connectivity index (χ2v) is 4.23. The zero-order chi connectivity index (χ0) is 12.1. The molecule has 1 N–H and O–H groups in total. The highest BCUT2D eigenvalue weighted by molar-refractivity contribution is 7.98. The topological polar surface area (TPSA) is 30.5 Å². The summed E-state index contributed by atoms with van der Waals surface area (Å²) in [5.41, 5.74) is 0. The highest BCUT2D eigenvalue weighted by Gasteiger charge is 2.06. The Labute approximate surface area is 106 Å². The molecule has 1 aromatic carbocycles. The van der Waals surface area contributed by atoms with Crippen LogP contribution in [0, 0.1) is 6.08 Å². The third-order valence-corrected chi connectivity index (χ3v) is 3.06. The van der Waals surface area contributed by atoms with Gasteiger partial charge in [0.2, 0.25) is 0 Å². The number of dihydropyridines is 1. The van der Waals surface area contributed by atoms with Crippen LogP contribution in [0.1, 0.15) is 0 Å². The summed E-state index contributed by atoms with van der Waals surface area (Å²) in [4.78, 5) is 1.09. The van der Waals surface area contributed by atoms with E-state index in [4.69, 9.17) is 9.47 Å². The average molecular weight is 248 g/mol. The van der Waals surface area contributed by atoms with Gasteiger partial charge in [-0.05, 0) is 18.4 Å². The van der Waals surface area contributed by atoms with Gasteiger partial charge in [0.25, 0.3) is 0 Å². The van der Waals surface area contributed by atoms with E-state index in [1.165, 1.54) is 0 Å². The van der Waals surface area contributed by atoms with E-state index in [-0.39, 0.29) is 0 Å². The maximum absolute atomic E-state index is 5.66. The quantitative estimate of drug-likeness (QED) is 0.830.